The Labute approximate surface area is 126 Å². The van der Waals surface area contributed by atoms with Crippen LogP contribution in [0.5, 0.6) is 5.75 Å². The van der Waals surface area contributed by atoms with Crippen LogP contribution in [0.25, 0.3) is 0 Å². The van der Waals surface area contributed by atoms with Gasteiger partial charge in [-0.3, -0.25) is 4.79 Å². The average Bonchev–Trinajstić information content (AvgIpc) is 2.49. The third-order valence-corrected chi connectivity index (χ3v) is 2.77. The summed E-state index contributed by atoms with van der Waals surface area (Å²) in [6.45, 7) is -0.0406. The van der Waals surface area contributed by atoms with E-state index in [1.54, 1.807) is 24.3 Å². The fourth-order valence-electron chi connectivity index (χ4n) is 1.58. The van der Waals surface area contributed by atoms with Gasteiger partial charge in [-0.05, 0) is 24.1 Å². The number of rotatable bonds is 8. The summed E-state index contributed by atoms with van der Waals surface area (Å²) in [6.07, 6.45) is -1.51. The lowest BCUT2D eigenvalue weighted by Crippen LogP contribution is -2.41. The van der Waals surface area contributed by atoms with E-state index in [9.17, 15) is 14.4 Å². The molecule has 1 atom stereocenters. The summed E-state index contributed by atoms with van der Waals surface area (Å²) in [6, 6.07) is 5.49. The zero-order chi connectivity index (χ0) is 16.5. The fraction of sp³-hybridized carbons (Fsp3) is 0.357. The molecule has 0 bridgehead atoms. The molecule has 0 aliphatic rings. The molecular formula is C14H17NO7. The molecule has 0 radical (unpaired) electrons. The van der Waals surface area contributed by atoms with Gasteiger partial charge in [0.25, 0.3) is 0 Å². The number of carbonyl (C=O) groups excluding carboxylic acids is 1. The van der Waals surface area contributed by atoms with Gasteiger partial charge in [-0.25, -0.2) is 9.59 Å². The van der Waals surface area contributed by atoms with Gasteiger partial charge in [-0.2, -0.15) is 0 Å². The van der Waals surface area contributed by atoms with Crippen molar-refractivity contribution in [2.45, 2.75) is 25.5 Å². The molecule has 120 valence electrons. The number of carbonyl (C=O) groups is 3. The number of hydrogen-bond acceptors (Lipinski definition) is 5. The molecule has 8 heteroatoms. The normalized spacial score (nSPS) is 11.3. The van der Waals surface area contributed by atoms with Gasteiger partial charge >= 0.3 is 18.0 Å². The van der Waals surface area contributed by atoms with Crippen LogP contribution < -0.4 is 10.1 Å². The second kappa shape index (κ2) is 8.50. The number of benzene rings is 1. The first-order valence-corrected chi connectivity index (χ1v) is 6.43. The number of hydrogen-bond donors (Lipinski definition) is 3. The molecule has 0 fully saturated rings. The predicted octanol–water partition coefficient (Wildman–Crippen LogP) is 1.24. The van der Waals surface area contributed by atoms with Crippen LogP contribution in [0.1, 0.15) is 18.4 Å². The molecule has 0 aliphatic carbocycles. The molecule has 1 aromatic carbocycles. The van der Waals surface area contributed by atoms with Crippen LogP contribution in [0.3, 0.4) is 0 Å². The Morgan fingerprint density at radius 1 is 1.18 bits per heavy atom. The maximum Gasteiger partial charge on any atom is 0.408 e. The molecule has 1 amide bonds. The van der Waals surface area contributed by atoms with E-state index >= 15 is 0 Å². The van der Waals surface area contributed by atoms with E-state index in [2.05, 4.69) is 5.32 Å². The lowest BCUT2D eigenvalue weighted by atomic mass is 10.1. The largest absolute Gasteiger partial charge is 0.497 e. The number of nitrogens with one attached hydrogen (secondary N) is 1. The lowest BCUT2D eigenvalue weighted by Gasteiger charge is -2.13. The summed E-state index contributed by atoms with van der Waals surface area (Å²) in [5, 5.41) is 19.5. The van der Waals surface area contributed by atoms with Crippen LogP contribution >= 0.6 is 0 Å². The van der Waals surface area contributed by atoms with Gasteiger partial charge in [0.1, 0.15) is 18.4 Å². The van der Waals surface area contributed by atoms with Crippen molar-refractivity contribution in [1.82, 2.24) is 5.32 Å². The minimum atomic E-state index is -1.32. The minimum Gasteiger partial charge on any atom is -0.497 e. The molecule has 1 aromatic rings. The second-order valence-corrected chi connectivity index (χ2v) is 4.39. The van der Waals surface area contributed by atoms with E-state index in [0.717, 1.165) is 0 Å². The topological polar surface area (TPSA) is 122 Å². The van der Waals surface area contributed by atoms with Crippen molar-refractivity contribution in [2.24, 2.45) is 0 Å². The Morgan fingerprint density at radius 2 is 1.82 bits per heavy atom. The van der Waals surface area contributed by atoms with Crippen LogP contribution in [0.4, 0.5) is 4.79 Å². The summed E-state index contributed by atoms with van der Waals surface area (Å²) in [4.78, 5) is 32.9. The van der Waals surface area contributed by atoms with E-state index in [0.29, 0.717) is 11.3 Å². The van der Waals surface area contributed by atoms with Crippen molar-refractivity contribution in [3.8, 4) is 5.75 Å². The van der Waals surface area contributed by atoms with E-state index in [1.165, 1.54) is 7.11 Å². The standard InChI is InChI=1S/C14H17NO7/c1-21-10-4-2-9(3-5-10)8-22-14(20)15-11(13(18)19)6-7-12(16)17/h2-5,11H,6-8H2,1H3,(H,15,20)(H,16,17)(H,18,19)/t11-/m0/s1. The maximum absolute atomic E-state index is 11.5. The molecule has 3 N–H and O–H groups in total. The van der Waals surface area contributed by atoms with Crippen molar-refractivity contribution in [1.29, 1.82) is 0 Å². The van der Waals surface area contributed by atoms with Gasteiger partial charge in [0.05, 0.1) is 7.11 Å². The highest BCUT2D eigenvalue weighted by Crippen LogP contribution is 2.12. The van der Waals surface area contributed by atoms with Crippen LogP contribution in [0, 0.1) is 0 Å². The summed E-state index contributed by atoms with van der Waals surface area (Å²) in [7, 11) is 1.53. The Balaban J connectivity index is 2.45. The summed E-state index contributed by atoms with van der Waals surface area (Å²) >= 11 is 0. The highest BCUT2D eigenvalue weighted by atomic mass is 16.5. The molecule has 0 aliphatic heterocycles. The van der Waals surface area contributed by atoms with E-state index in [1.807, 2.05) is 0 Å². The summed E-state index contributed by atoms with van der Waals surface area (Å²) in [5.74, 6) is -1.80. The van der Waals surface area contributed by atoms with E-state index in [4.69, 9.17) is 19.7 Å². The average molecular weight is 311 g/mol. The van der Waals surface area contributed by atoms with Crippen molar-refractivity contribution in [3.05, 3.63) is 29.8 Å². The first-order chi connectivity index (χ1) is 10.4. The quantitative estimate of drug-likeness (QED) is 0.660. The highest BCUT2D eigenvalue weighted by Gasteiger charge is 2.21. The van der Waals surface area contributed by atoms with Crippen molar-refractivity contribution < 1.29 is 34.1 Å². The van der Waals surface area contributed by atoms with E-state index < -0.39 is 24.1 Å². The first kappa shape index (κ1) is 17.3. The number of ether oxygens (including phenoxy) is 2. The molecule has 22 heavy (non-hydrogen) atoms. The van der Waals surface area contributed by atoms with Gasteiger partial charge in [0.15, 0.2) is 0 Å². The van der Waals surface area contributed by atoms with Gasteiger partial charge in [0.2, 0.25) is 0 Å². The van der Waals surface area contributed by atoms with Crippen LogP contribution in [-0.2, 0) is 20.9 Å². The van der Waals surface area contributed by atoms with Crippen molar-refractivity contribution in [2.75, 3.05) is 7.11 Å². The third-order valence-electron chi connectivity index (χ3n) is 2.77. The second-order valence-electron chi connectivity index (χ2n) is 4.39. The molecule has 8 nitrogen and oxygen atoms in total. The van der Waals surface area contributed by atoms with Gasteiger partial charge in [-0.1, -0.05) is 12.1 Å². The monoisotopic (exact) mass is 311 g/mol. The predicted molar refractivity (Wildman–Crippen MR) is 74.6 cm³/mol. The number of aliphatic carboxylic acids is 2. The fourth-order valence-corrected chi connectivity index (χ4v) is 1.58. The van der Waals surface area contributed by atoms with E-state index in [-0.39, 0.29) is 19.4 Å². The Morgan fingerprint density at radius 3 is 2.32 bits per heavy atom. The van der Waals surface area contributed by atoms with Crippen molar-refractivity contribution >= 4 is 18.0 Å². The Bertz CT molecular complexity index is 526. The number of alkyl carbamates (subject to hydrolysis) is 1. The molecule has 0 saturated carbocycles. The highest BCUT2D eigenvalue weighted by molar-refractivity contribution is 5.80. The first-order valence-electron chi connectivity index (χ1n) is 6.43. The molecule has 0 aromatic heterocycles. The maximum atomic E-state index is 11.5. The zero-order valence-electron chi connectivity index (χ0n) is 11.9. The molecule has 0 unspecified atom stereocenters. The van der Waals surface area contributed by atoms with Gasteiger partial charge in [-0.15, -0.1) is 0 Å². The minimum absolute atomic E-state index is 0.0406. The zero-order valence-corrected chi connectivity index (χ0v) is 11.9. The number of carboxylic acids is 2. The number of carboxylic acid groups (broad SMARTS) is 2. The summed E-state index contributed by atoms with van der Waals surface area (Å²) < 4.78 is 9.87. The smallest absolute Gasteiger partial charge is 0.408 e. The molecular weight excluding hydrogens is 294 g/mol. The SMILES string of the molecule is COc1ccc(COC(=O)N[C@@H](CCC(=O)O)C(=O)O)cc1. The van der Waals surface area contributed by atoms with Gasteiger partial charge in [0, 0.05) is 6.42 Å². The Kier molecular flexibility index (Phi) is 6.68. The molecule has 1 rings (SSSR count). The van der Waals surface area contributed by atoms with Gasteiger partial charge < -0.3 is 25.0 Å². The third kappa shape index (κ3) is 6.12. The van der Waals surface area contributed by atoms with Crippen LogP contribution in [-0.4, -0.2) is 41.4 Å². The number of methoxy groups -OCH3 is 1. The van der Waals surface area contributed by atoms with Crippen molar-refractivity contribution in [3.63, 3.8) is 0 Å². The Hall–Kier alpha value is -2.77. The van der Waals surface area contributed by atoms with Crippen LogP contribution in [0.15, 0.2) is 24.3 Å². The molecule has 0 heterocycles. The summed E-state index contributed by atoms with van der Waals surface area (Å²) in [5.41, 5.74) is 0.702. The molecule has 0 saturated heterocycles. The lowest BCUT2D eigenvalue weighted by molar-refractivity contribution is -0.140. The molecule has 0 spiro atoms. The number of amides is 1. The van der Waals surface area contributed by atoms with Crippen LogP contribution in [0.2, 0.25) is 0 Å².